The second-order valence-electron chi connectivity index (χ2n) is 5.42. The average molecular weight is 364 g/mol. The summed E-state index contributed by atoms with van der Waals surface area (Å²) in [7, 11) is 0. The molecule has 1 amide bonds. The van der Waals surface area contributed by atoms with Crippen molar-refractivity contribution < 1.29 is 32.7 Å². The Balaban J connectivity index is 0.000000277. The molecule has 12 heteroatoms. The lowest BCUT2D eigenvalue weighted by molar-refractivity contribution is -0.192. The van der Waals surface area contributed by atoms with Gasteiger partial charge in [0, 0.05) is 18.5 Å². The number of hydrogen-bond donors (Lipinski definition) is 4. The third kappa shape index (κ3) is 5.83. The maximum absolute atomic E-state index is 11.9. The molecule has 2 fully saturated rings. The number of aromatic amines is 1. The van der Waals surface area contributed by atoms with Crippen LogP contribution >= 0.6 is 0 Å². The molecule has 25 heavy (non-hydrogen) atoms. The van der Waals surface area contributed by atoms with Gasteiger partial charge in [-0.2, -0.15) is 13.2 Å². The van der Waals surface area contributed by atoms with E-state index < -0.39 is 12.1 Å². The van der Waals surface area contributed by atoms with Crippen molar-refractivity contribution in [1.82, 2.24) is 20.8 Å². The fourth-order valence-corrected chi connectivity index (χ4v) is 1.87. The lowest BCUT2D eigenvalue weighted by Crippen LogP contribution is -2.39. The molecule has 3 rings (SSSR count). The normalized spacial score (nSPS) is 19.7. The molecule has 1 unspecified atom stereocenters. The zero-order valence-electron chi connectivity index (χ0n) is 12.7. The summed E-state index contributed by atoms with van der Waals surface area (Å²) in [6, 6.07) is 1.15. The number of carboxylic acid groups (broad SMARTS) is 1. The zero-order valence-corrected chi connectivity index (χ0v) is 12.7. The first-order chi connectivity index (χ1) is 11.7. The van der Waals surface area contributed by atoms with E-state index >= 15 is 0 Å². The summed E-state index contributed by atoms with van der Waals surface area (Å²) in [6.07, 6.45) is -3.04. The average Bonchev–Trinajstić information content (AvgIpc) is 3.25. The molecule has 0 bridgehead atoms. The van der Waals surface area contributed by atoms with Crippen molar-refractivity contribution in [2.75, 3.05) is 13.2 Å². The van der Waals surface area contributed by atoms with Crippen LogP contribution in [0, 0.1) is 0 Å². The molecule has 1 saturated carbocycles. The summed E-state index contributed by atoms with van der Waals surface area (Å²) in [5.74, 6) is -2.16. The van der Waals surface area contributed by atoms with E-state index in [0.29, 0.717) is 24.9 Å². The van der Waals surface area contributed by atoms with Gasteiger partial charge in [-0.1, -0.05) is 0 Å². The van der Waals surface area contributed by atoms with Crippen LogP contribution in [0.15, 0.2) is 10.9 Å². The lowest BCUT2D eigenvalue weighted by atomic mass is 10.3. The van der Waals surface area contributed by atoms with Gasteiger partial charge in [-0.05, 0) is 12.8 Å². The van der Waals surface area contributed by atoms with Gasteiger partial charge in [0.2, 0.25) is 0 Å². The highest BCUT2D eigenvalue weighted by atomic mass is 19.4. The highest BCUT2D eigenvalue weighted by Gasteiger charge is 2.38. The minimum absolute atomic E-state index is 0.0806. The number of hydrogen-bond acceptors (Lipinski definition) is 6. The molecule has 0 spiro atoms. The molecule has 1 aromatic rings. The second kappa shape index (κ2) is 7.61. The van der Waals surface area contributed by atoms with Crippen LogP contribution in [0.3, 0.4) is 0 Å². The third-order valence-corrected chi connectivity index (χ3v) is 3.25. The molecule has 1 aliphatic heterocycles. The number of nitrogens with one attached hydrogen (secondary N) is 3. The Morgan fingerprint density at radius 3 is 2.48 bits per heavy atom. The first-order valence-corrected chi connectivity index (χ1v) is 7.23. The van der Waals surface area contributed by atoms with Crippen molar-refractivity contribution in [3.63, 3.8) is 0 Å². The molecule has 0 aromatic carbocycles. The van der Waals surface area contributed by atoms with E-state index in [4.69, 9.17) is 14.7 Å². The Morgan fingerprint density at radius 2 is 2.00 bits per heavy atom. The van der Waals surface area contributed by atoms with Crippen LogP contribution < -0.4 is 16.4 Å². The summed E-state index contributed by atoms with van der Waals surface area (Å²) in [4.78, 5) is 44.1. The van der Waals surface area contributed by atoms with Crippen LogP contribution in [0.5, 0.6) is 0 Å². The van der Waals surface area contributed by atoms with E-state index in [1.165, 1.54) is 6.07 Å². The van der Waals surface area contributed by atoms with Gasteiger partial charge in [0.1, 0.15) is 11.5 Å². The first-order valence-electron chi connectivity index (χ1n) is 7.23. The summed E-state index contributed by atoms with van der Waals surface area (Å²) >= 11 is 0. The minimum Gasteiger partial charge on any atom is -0.475 e. The maximum atomic E-state index is 11.9. The predicted molar refractivity (Wildman–Crippen MR) is 75.7 cm³/mol. The number of halogens is 3. The quantitative estimate of drug-likeness (QED) is 0.589. The highest BCUT2D eigenvalue weighted by Crippen LogP contribution is 2.37. The number of aromatic nitrogens is 2. The SMILES string of the molecule is O=C(NC1CNOC1)c1cc(=O)[nH]c(C2CC2)n1.O=C(O)C(F)(F)F. The smallest absolute Gasteiger partial charge is 0.475 e. The van der Waals surface area contributed by atoms with Crippen LogP contribution in [-0.4, -0.2) is 52.3 Å². The van der Waals surface area contributed by atoms with Crippen molar-refractivity contribution in [2.45, 2.75) is 31.0 Å². The Labute approximate surface area is 138 Å². The van der Waals surface area contributed by atoms with Crippen molar-refractivity contribution >= 4 is 11.9 Å². The maximum Gasteiger partial charge on any atom is 0.490 e. The number of carbonyl (C=O) groups excluding carboxylic acids is 1. The largest absolute Gasteiger partial charge is 0.490 e. The second-order valence-corrected chi connectivity index (χ2v) is 5.42. The molecule has 138 valence electrons. The standard InChI is InChI=1S/C11H14N4O3.C2HF3O2/c16-9-3-8(14-10(15-9)6-1-2-6)11(17)13-7-4-12-18-5-7;3-2(4,5)1(6)7/h3,6-7,12H,1-2,4-5H2,(H,13,17)(H,14,15,16);(H,6,7). The zero-order chi connectivity index (χ0) is 18.6. The van der Waals surface area contributed by atoms with Gasteiger partial charge in [-0.15, -0.1) is 0 Å². The van der Waals surface area contributed by atoms with Gasteiger partial charge in [0.05, 0.1) is 12.6 Å². The van der Waals surface area contributed by atoms with Crippen molar-refractivity contribution in [3.05, 3.63) is 27.9 Å². The van der Waals surface area contributed by atoms with E-state index in [9.17, 15) is 22.8 Å². The molecule has 1 aliphatic carbocycles. The number of carboxylic acids is 1. The molecule has 1 aromatic heterocycles. The molecule has 1 atom stereocenters. The molecular formula is C13H15F3N4O5. The number of carbonyl (C=O) groups is 2. The van der Waals surface area contributed by atoms with E-state index in [1.807, 2.05) is 0 Å². The predicted octanol–water partition coefficient (Wildman–Crippen LogP) is -0.0862. The molecular weight excluding hydrogens is 349 g/mol. The van der Waals surface area contributed by atoms with Crippen LogP contribution in [-0.2, 0) is 9.63 Å². The van der Waals surface area contributed by atoms with E-state index in [2.05, 4.69) is 20.8 Å². The number of aliphatic carboxylic acids is 1. The fraction of sp³-hybridized carbons (Fsp3) is 0.538. The molecule has 9 nitrogen and oxygen atoms in total. The van der Waals surface area contributed by atoms with Gasteiger partial charge in [-0.3, -0.25) is 14.4 Å². The van der Waals surface area contributed by atoms with Gasteiger partial charge in [0.25, 0.3) is 11.5 Å². The van der Waals surface area contributed by atoms with Gasteiger partial charge >= 0.3 is 12.1 Å². The summed E-state index contributed by atoms with van der Waals surface area (Å²) in [5, 5.41) is 9.89. The van der Waals surface area contributed by atoms with E-state index in [0.717, 1.165) is 12.8 Å². The van der Waals surface area contributed by atoms with E-state index in [1.54, 1.807) is 0 Å². The van der Waals surface area contributed by atoms with Crippen LogP contribution in [0.2, 0.25) is 0 Å². The topological polar surface area (TPSA) is 133 Å². The number of alkyl halides is 3. The van der Waals surface area contributed by atoms with Crippen molar-refractivity contribution in [2.24, 2.45) is 0 Å². The highest BCUT2D eigenvalue weighted by molar-refractivity contribution is 5.92. The van der Waals surface area contributed by atoms with E-state index in [-0.39, 0.29) is 23.2 Å². The molecule has 2 aliphatic rings. The monoisotopic (exact) mass is 364 g/mol. The molecule has 0 radical (unpaired) electrons. The summed E-state index contributed by atoms with van der Waals surface area (Å²) in [6.45, 7) is 0.981. The molecule has 2 heterocycles. The Bertz CT molecular complexity index is 696. The van der Waals surface area contributed by atoms with Crippen LogP contribution in [0.25, 0.3) is 0 Å². The summed E-state index contributed by atoms with van der Waals surface area (Å²) in [5.41, 5.74) is 2.57. The Morgan fingerprint density at radius 1 is 1.36 bits per heavy atom. The number of hydroxylamine groups is 1. The first kappa shape index (κ1) is 18.9. The molecule has 4 N–H and O–H groups in total. The number of nitrogens with zero attached hydrogens (tertiary/aromatic N) is 1. The van der Waals surface area contributed by atoms with Crippen molar-refractivity contribution in [1.29, 1.82) is 0 Å². The number of H-pyrrole nitrogens is 1. The number of rotatable bonds is 3. The lowest BCUT2D eigenvalue weighted by Gasteiger charge is -2.09. The fourth-order valence-electron chi connectivity index (χ4n) is 1.87. The summed E-state index contributed by atoms with van der Waals surface area (Å²) < 4.78 is 31.7. The Kier molecular flexibility index (Phi) is 5.74. The van der Waals surface area contributed by atoms with Gasteiger partial charge < -0.3 is 15.4 Å². The number of amides is 1. The minimum atomic E-state index is -5.08. The third-order valence-electron chi connectivity index (χ3n) is 3.25. The van der Waals surface area contributed by atoms with Crippen LogP contribution in [0.4, 0.5) is 13.2 Å². The van der Waals surface area contributed by atoms with Crippen LogP contribution in [0.1, 0.15) is 35.1 Å². The Hall–Kier alpha value is -2.47. The molecule has 1 saturated heterocycles. The van der Waals surface area contributed by atoms with Gasteiger partial charge in [0.15, 0.2) is 0 Å². The van der Waals surface area contributed by atoms with Crippen molar-refractivity contribution in [3.8, 4) is 0 Å². The van der Waals surface area contributed by atoms with Gasteiger partial charge in [-0.25, -0.2) is 15.3 Å².